The second-order valence-corrected chi connectivity index (χ2v) is 7.44. The van der Waals surface area contributed by atoms with Gasteiger partial charge in [-0.1, -0.05) is 19.8 Å². The fourth-order valence-corrected chi connectivity index (χ4v) is 5.56. The summed E-state index contributed by atoms with van der Waals surface area (Å²) in [5, 5.41) is 3.65. The summed E-state index contributed by atoms with van der Waals surface area (Å²) in [6.07, 6.45) is 9.97. The van der Waals surface area contributed by atoms with E-state index >= 15 is 0 Å². The Labute approximate surface area is 116 Å². The van der Waals surface area contributed by atoms with E-state index in [1.807, 2.05) is 0 Å². The van der Waals surface area contributed by atoms with Crippen molar-refractivity contribution in [3.8, 4) is 0 Å². The highest BCUT2D eigenvalue weighted by Gasteiger charge is 2.43. The first-order chi connectivity index (χ1) is 8.81. The van der Waals surface area contributed by atoms with Crippen LogP contribution in [0.5, 0.6) is 0 Å². The number of nitrogens with one attached hydrogen (secondary N) is 1. The van der Waals surface area contributed by atoms with Crippen LogP contribution in [0.1, 0.15) is 51.9 Å². The summed E-state index contributed by atoms with van der Waals surface area (Å²) < 4.78 is 6.46. The molecule has 3 fully saturated rings. The number of rotatable bonds is 4. The number of hydrogen-bond acceptors (Lipinski definition) is 3. The van der Waals surface area contributed by atoms with Gasteiger partial charge < -0.3 is 10.1 Å². The highest BCUT2D eigenvalue weighted by molar-refractivity contribution is 7.99. The van der Waals surface area contributed by atoms with E-state index in [0.29, 0.717) is 11.7 Å². The summed E-state index contributed by atoms with van der Waals surface area (Å²) >= 11 is 2.12. The number of thioether (sulfide) groups is 1. The third-order valence-corrected chi connectivity index (χ3v) is 6.34. The van der Waals surface area contributed by atoms with Crippen LogP contribution in [0.2, 0.25) is 0 Å². The first-order valence-corrected chi connectivity index (χ1v) is 8.96. The molecule has 0 aromatic carbocycles. The molecule has 2 aliphatic heterocycles. The van der Waals surface area contributed by atoms with Gasteiger partial charge in [-0.25, -0.2) is 0 Å². The van der Waals surface area contributed by atoms with Gasteiger partial charge in [0.2, 0.25) is 0 Å². The molecule has 2 saturated heterocycles. The molecule has 0 bridgehead atoms. The van der Waals surface area contributed by atoms with Gasteiger partial charge in [-0.15, -0.1) is 0 Å². The largest absolute Gasteiger partial charge is 0.372 e. The Balaban J connectivity index is 1.51. The molecule has 1 aliphatic carbocycles. The van der Waals surface area contributed by atoms with Gasteiger partial charge in [0, 0.05) is 11.8 Å². The zero-order valence-corrected chi connectivity index (χ0v) is 12.4. The van der Waals surface area contributed by atoms with Gasteiger partial charge in [0.25, 0.3) is 0 Å². The van der Waals surface area contributed by atoms with Crippen LogP contribution in [-0.4, -0.2) is 35.8 Å². The average Bonchev–Trinajstić information content (AvgIpc) is 3.06. The Morgan fingerprint density at radius 1 is 1.22 bits per heavy atom. The molecule has 1 saturated carbocycles. The summed E-state index contributed by atoms with van der Waals surface area (Å²) in [4.78, 5) is 0. The van der Waals surface area contributed by atoms with Crippen molar-refractivity contribution in [1.82, 2.24) is 5.32 Å². The van der Waals surface area contributed by atoms with Gasteiger partial charge in [-0.3, -0.25) is 0 Å². The molecule has 0 amide bonds. The lowest BCUT2D eigenvalue weighted by molar-refractivity contribution is -0.0441. The predicted molar refractivity (Wildman–Crippen MR) is 78.2 cm³/mol. The van der Waals surface area contributed by atoms with Crippen molar-refractivity contribution in [2.24, 2.45) is 5.92 Å². The minimum Gasteiger partial charge on any atom is -0.372 e. The van der Waals surface area contributed by atoms with Crippen LogP contribution in [0.4, 0.5) is 0 Å². The van der Waals surface area contributed by atoms with Gasteiger partial charge in [0.05, 0.1) is 11.7 Å². The lowest BCUT2D eigenvalue weighted by Crippen LogP contribution is -2.37. The van der Waals surface area contributed by atoms with Gasteiger partial charge in [-0.2, -0.15) is 11.8 Å². The molecule has 18 heavy (non-hydrogen) atoms. The van der Waals surface area contributed by atoms with Crippen molar-refractivity contribution in [1.29, 1.82) is 0 Å². The zero-order valence-electron chi connectivity index (χ0n) is 11.6. The summed E-state index contributed by atoms with van der Waals surface area (Å²) in [6.45, 7) is 3.33. The van der Waals surface area contributed by atoms with E-state index in [1.165, 1.54) is 56.5 Å². The second-order valence-electron chi connectivity index (χ2n) is 6.37. The quantitative estimate of drug-likeness (QED) is 0.847. The standard InChI is InChI=1S/C15H27NOS/c1-2-16-14-11-18-10-12(14)9-13-5-8-15(17-13)6-3-4-7-15/h12-14,16H,2-11H2,1H3. The van der Waals surface area contributed by atoms with Crippen molar-refractivity contribution >= 4 is 11.8 Å². The third kappa shape index (κ3) is 2.73. The van der Waals surface area contributed by atoms with E-state index < -0.39 is 0 Å². The molecule has 0 aromatic heterocycles. The lowest BCUT2D eigenvalue weighted by atomic mass is 9.94. The first kappa shape index (κ1) is 13.3. The summed E-state index contributed by atoms with van der Waals surface area (Å²) in [5.41, 5.74) is 0.324. The zero-order chi connectivity index (χ0) is 12.4. The van der Waals surface area contributed by atoms with Gasteiger partial charge in [-0.05, 0) is 50.3 Å². The Hall–Kier alpha value is 0.270. The predicted octanol–water partition coefficient (Wildman–Crippen LogP) is 3.21. The first-order valence-electron chi connectivity index (χ1n) is 7.80. The molecular weight excluding hydrogens is 242 g/mol. The van der Waals surface area contributed by atoms with Crippen LogP contribution in [0, 0.1) is 5.92 Å². The van der Waals surface area contributed by atoms with Crippen LogP contribution in [-0.2, 0) is 4.74 Å². The van der Waals surface area contributed by atoms with E-state index in [1.54, 1.807) is 0 Å². The maximum Gasteiger partial charge on any atom is 0.0687 e. The number of hydrogen-bond donors (Lipinski definition) is 1. The topological polar surface area (TPSA) is 21.3 Å². The molecular formula is C15H27NOS. The summed E-state index contributed by atoms with van der Waals surface area (Å²) in [5.74, 6) is 3.48. The Kier molecular flexibility index (Phi) is 4.21. The minimum atomic E-state index is 0.324. The second kappa shape index (κ2) is 5.72. The SMILES string of the molecule is CCNC1CSCC1CC1CCC2(CCCC2)O1. The molecule has 2 nitrogen and oxygen atoms in total. The molecule has 3 atom stereocenters. The Morgan fingerprint density at radius 3 is 2.83 bits per heavy atom. The van der Waals surface area contributed by atoms with Crippen molar-refractivity contribution in [3.63, 3.8) is 0 Å². The van der Waals surface area contributed by atoms with Crippen molar-refractivity contribution in [2.45, 2.75) is 69.6 Å². The Bertz CT molecular complexity index is 278. The number of ether oxygens (including phenoxy) is 1. The molecule has 3 heteroatoms. The van der Waals surface area contributed by atoms with E-state index in [2.05, 4.69) is 24.0 Å². The molecule has 104 valence electrons. The molecule has 1 N–H and O–H groups in total. The summed E-state index contributed by atoms with van der Waals surface area (Å²) in [7, 11) is 0. The molecule has 0 radical (unpaired) electrons. The van der Waals surface area contributed by atoms with E-state index in [-0.39, 0.29) is 0 Å². The molecule has 0 aromatic rings. The highest BCUT2D eigenvalue weighted by atomic mass is 32.2. The maximum atomic E-state index is 6.46. The van der Waals surface area contributed by atoms with Crippen LogP contribution >= 0.6 is 11.8 Å². The average molecular weight is 269 g/mol. The lowest BCUT2D eigenvalue weighted by Gasteiger charge is -2.26. The Morgan fingerprint density at radius 2 is 2.06 bits per heavy atom. The monoisotopic (exact) mass is 269 g/mol. The molecule has 2 heterocycles. The van der Waals surface area contributed by atoms with E-state index in [4.69, 9.17) is 4.74 Å². The van der Waals surface area contributed by atoms with Crippen molar-refractivity contribution < 1.29 is 4.74 Å². The van der Waals surface area contributed by atoms with Gasteiger partial charge >= 0.3 is 0 Å². The highest BCUT2D eigenvalue weighted by Crippen LogP contribution is 2.45. The summed E-state index contributed by atoms with van der Waals surface area (Å²) in [6, 6.07) is 0.740. The maximum absolute atomic E-state index is 6.46. The van der Waals surface area contributed by atoms with Crippen LogP contribution in [0.25, 0.3) is 0 Å². The normalized spacial score (nSPS) is 38.8. The van der Waals surface area contributed by atoms with E-state index in [9.17, 15) is 0 Å². The van der Waals surface area contributed by atoms with Crippen molar-refractivity contribution in [3.05, 3.63) is 0 Å². The van der Waals surface area contributed by atoms with Gasteiger partial charge in [0.1, 0.15) is 0 Å². The van der Waals surface area contributed by atoms with Crippen LogP contribution in [0.15, 0.2) is 0 Å². The van der Waals surface area contributed by atoms with Crippen LogP contribution in [0.3, 0.4) is 0 Å². The molecule has 3 unspecified atom stereocenters. The van der Waals surface area contributed by atoms with Crippen molar-refractivity contribution in [2.75, 3.05) is 18.1 Å². The fourth-order valence-electron chi connectivity index (χ4n) is 4.10. The third-order valence-electron chi connectivity index (χ3n) is 5.08. The molecule has 1 spiro atoms. The smallest absolute Gasteiger partial charge is 0.0687 e. The van der Waals surface area contributed by atoms with E-state index in [0.717, 1.165) is 18.5 Å². The minimum absolute atomic E-state index is 0.324. The van der Waals surface area contributed by atoms with Gasteiger partial charge in [0.15, 0.2) is 0 Å². The molecule has 3 rings (SSSR count). The molecule has 3 aliphatic rings. The van der Waals surface area contributed by atoms with Crippen LogP contribution < -0.4 is 5.32 Å². The fraction of sp³-hybridized carbons (Fsp3) is 1.00.